The summed E-state index contributed by atoms with van der Waals surface area (Å²) in [5.74, 6) is 0.373. The number of anilines is 1. The number of carbonyl (C=O) groups is 1. The normalized spacial score (nSPS) is 10.2. The highest BCUT2D eigenvalue weighted by molar-refractivity contribution is 6.33. The maximum Gasteiger partial charge on any atom is 0.342 e. The van der Waals surface area contributed by atoms with Crippen molar-refractivity contribution in [2.24, 2.45) is 0 Å². The van der Waals surface area contributed by atoms with Crippen molar-refractivity contribution >= 4 is 34.9 Å². The lowest BCUT2D eigenvalue weighted by Crippen LogP contribution is -2.13. The van der Waals surface area contributed by atoms with E-state index in [0.29, 0.717) is 22.2 Å². The molecule has 0 fully saturated rings. The van der Waals surface area contributed by atoms with Gasteiger partial charge in [-0.05, 0) is 30.3 Å². The van der Waals surface area contributed by atoms with Gasteiger partial charge in [-0.25, -0.2) is 4.79 Å². The molecular formula is C16H15Cl2NO4. The van der Waals surface area contributed by atoms with Crippen LogP contribution in [0.25, 0.3) is 0 Å². The first-order valence-corrected chi connectivity index (χ1v) is 7.45. The van der Waals surface area contributed by atoms with Gasteiger partial charge in [-0.3, -0.25) is 0 Å². The van der Waals surface area contributed by atoms with E-state index in [1.54, 1.807) is 24.3 Å². The monoisotopic (exact) mass is 355 g/mol. The molecule has 0 saturated carbocycles. The van der Waals surface area contributed by atoms with Crippen molar-refractivity contribution in [1.29, 1.82) is 0 Å². The van der Waals surface area contributed by atoms with Gasteiger partial charge in [-0.2, -0.15) is 0 Å². The van der Waals surface area contributed by atoms with Crippen molar-refractivity contribution in [3.8, 4) is 11.5 Å². The minimum absolute atomic E-state index is 0.0760. The van der Waals surface area contributed by atoms with Gasteiger partial charge in [0, 0.05) is 11.1 Å². The van der Waals surface area contributed by atoms with Gasteiger partial charge < -0.3 is 19.9 Å². The molecule has 0 unspecified atom stereocenters. The largest absolute Gasteiger partial charge is 0.496 e. The first-order valence-electron chi connectivity index (χ1n) is 6.69. The lowest BCUT2D eigenvalue weighted by atomic mass is 10.2. The zero-order valence-corrected chi connectivity index (χ0v) is 13.9. The Kier molecular flexibility index (Phi) is 5.96. The zero-order valence-electron chi connectivity index (χ0n) is 12.3. The van der Waals surface area contributed by atoms with Crippen LogP contribution in [0.4, 0.5) is 5.69 Å². The van der Waals surface area contributed by atoms with Crippen molar-refractivity contribution in [3.05, 3.63) is 52.0 Å². The van der Waals surface area contributed by atoms with E-state index in [-0.39, 0.29) is 23.8 Å². The van der Waals surface area contributed by atoms with E-state index in [2.05, 4.69) is 0 Å². The fourth-order valence-corrected chi connectivity index (χ4v) is 2.09. The van der Waals surface area contributed by atoms with Crippen molar-refractivity contribution in [2.75, 3.05) is 26.1 Å². The van der Waals surface area contributed by atoms with Crippen LogP contribution in [0.15, 0.2) is 36.4 Å². The van der Waals surface area contributed by atoms with E-state index in [9.17, 15) is 4.79 Å². The topological polar surface area (TPSA) is 70.8 Å². The molecule has 0 amide bonds. The fourth-order valence-electron chi connectivity index (χ4n) is 1.80. The maximum absolute atomic E-state index is 12.1. The Bertz CT molecular complexity index is 689. The molecule has 0 spiro atoms. The number of hydrogen-bond acceptors (Lipinski definition) is 5. The molecule has 0 atom stereocenters. The van der Waals surface area contributed by atoms with Crippen LogP contribution in [0.1, 0.15) is 10.4 Å². The summed E-state index contributed by atoms with van der Waals surface area (Å²) in [5.41, 5.74) is 6.20. The van der Waals surface area contributed by atoms with Crippen molar-refractivity contribution < 1.29 is 19.0 Å². The lowest BCUT2D eigenvalue weighted by Gasteiger charge is -2.11. The number of ether oxygens (including phenoxy) is 3. The predicted octanol–water partition coefficient (Wildman–Crippen LogP) is 3.82. The van der Waals surface area contributed by atoms with E-state index in [1.807, 2.05) is 0 Å². The Morgan fingerprint density at radius 3 is 2.48 bits per heavy atom. The Hall–Kier alpha value is -2.11. The molecule has 2 aromatic carbocycles. The maximum atomic E-state index is 12.1. The molecule has 2 rings (SSSR count). The van der Waals surface area contributed by atoms with Crippen LogP contribution in [-0.2, 0) is 4.74 Å². The highest BCUT2D eigenvalue weighted by Crippen LogP contribution is 2.29. The SMILES string of the molecule is COc1cc(N)c(Cl)cc1C(=O)OCCOc1ccc(Cl)cc1. The lowest BCUT2D eigenvalue weighted by molar-refractivity contribution is 0.0447. The second kappa shape index (κ2) is 7.94. The van der Waals surface area contributed by atoms with E-state index in [1.165, 1.54) is 19.2 Å². The molecule has 0 aliphatic rings. The number of carbonyl (C=O) groups excluding carboxylic acids is 1. The molecule has 0 bridgehead atoms. The number of halogens is 2. The quantitative estimate of drug-likeness (QED) is 0.484. The van der Waals surface area contributed by atoms with Gasteiger partial charge in [0.05, 0.1) is 17.8 Å². The molecular weight excluding hydrogens is 341 g/mol. The van der Waals surface area contributed by atoms with Gasteiger partial charge in [-0.1, -0.05) is 23.2 Å². The molecule has 0 aliphatic heterocycles. The van der Waals surface area contributed by atoms with Crippen LogP contribution >= 0.6 is 23.2 Å². The summed E-state index contributed by atoms with van der Waals surface area (Å²) in [6.45, 7) is 0.283. The number of rotatable bonds is 6. The van der Waals surface area contributed by atoms with Crippen LogP contribution in [0, 0.1) is 0 Å². The summed E-state index contributed by atoms with van der Waals surface area (Å²) in [7, 11) is 1.43. The molecule has 0 aliphatic carbocycles. The Morgan fingerprint density at radius 2 is 1.83 bits per heavy atom. The summed E-state index contributed by atoms with van der Waals surface area (Å²) >= 11 is 11.7. The third-order valence-electron chi connectivity index (χ3n) is 2.94. The number of nitrogens with two attached hydrogens (primary N) is 1. The standard InChI is InChI=1S/C16H15Cl2NO4/c1-21-15-9-14(19)13(18)8-12(15)16(20)23-7-6-22-11-4-2-10(17)3-5-11/h2-5,8-9H,6-7,19H2,1H3. The second-order valence-corrected chi connectivity index (χ2v) is 5.36. The fraction of sp³-hybridized carbons (Fsp3) is 0.188. The van der Waals surface area contributed by atoms with E-state index >= 15 is 0 Å². The first kappa shape index (κ1) is 17.2. The van der Waals surface area contributed by atoms with E-state index in [4.69, 9.17) is 43.1 Å². The third-order valence-corrected chi connectivity index (χ3v) is 3.52. The number of nitrogen functional groups attached to an aromatic ring is 1. The highest BCUT2D eigenvalue weighted by atomic mass is 35.5. The second-order valence-electron chi connectivity index (χ2n) is 4.51. The van der Waals surface area contributed by atoms with Gasteiger partial charge in [-0.15, -0.1) is 0 Å². The van der Waals surface area contributed by atoms with Crippen LogP contribution in [0.3, 0.4) is 0 Å². The van der Waals surface area contributed by atoms with Gasteiger partial charge in [0.25, 0.3) is 0 Å². The van der Waals surface area contributed by atoms with Crippen molar-refractivity contribution in [3.63, 3.8) is 0 Å². The number of esters is 1. The minimum Gasteiger partial charge on any atom is -0.496 e. The van der Waals surface area contributed by atoms with E-state index in [0.717, 1.165) is 0 Å². The summed E-state index contributed by atoms with van der Waals surface area (Å²) in [6, 6.07) is 9.77. The van der Waals surface area contributed by atoms with Gasteiger partial charge in [0.2, 0.25) is 0 Å². The molecule has 0 radical (unpaired) electrons. The van der Waals surface area contributed by atoms with Crippen LogP contribution in [0.2, 0.25) is 10.0 Å². The number of benzene rings is 2. The number of methoxy groups -OCH3 is 1. The number of hydrogen-bond donors (Lipinski definition) is 1. The summed E-state index contributed by atoms with van der Waals surface area (Å²) in [4.78, 5) is 12.1. The summed E-state index contributed by atoms with van der Waals surface area (Å²) in [6.07, 6.45) is 0. The third kappa shape index (κ3) is 4.68. The molecule has 2 N–H and O–H groups in total. The molecule has 0 aromatic heterocycles. The van der Waals surface area contributed by atoms with Crippen LogP contribution in [-0.4, -0.2) is 26.3 Å². The van der Waals surface area contributed by atoms with Crippen molar-refractivity contribution in [2.45, 2.75) is 0 Å². The predicted molar refractivity (Wildman–Crippen MR) is 89.6 cm³/mol. The average molecular weight is 356 g/mol. The molecule has 0 saturated heterocycles. The Labute approximate surface area is 143 Å². The molecule has 2 aromatic rings. The molecule has 23 heavy (non-hydrogen) atoms. The summed E-state index contributed by atoms with van der Waals surface area (Å²) in [5, 5.41) is 0.881. The minimum atomic E-state index is -0.566. The molecule has 122 valence electrons. The zero-order chi connectivity index (χ0) is 16.8. The first-order chi connectivity index (χ1) is 11.0. The van der Waals surface area contributed by atoms with Gasteiger partial charge >= 0.3 is 5.97 Å². The summed E-state index contributed by atoms with van der Waals surface area (Å²) < 4.78 is 15.7. The van der Waals surface area contributed by atoms with E-state index < -0.39 is 5.97 Å². The molecule has 0 heterocycles. The van der Waals surface area contributed by atoms with Crippen molar-refractivity contribution in [1.82, 2.24) is 0 Å². The average Bonchev–Trinajstić information content (AvgIpc) is 2.55. The highest BCUT2D eigenvalue weighted by Gasteiger charge is 2.16. The molecule has 7 heteroatoms. The molecule has 5 nitrogen and oxygen atoms in total. The Morgan fingerprint density at radius 1 is 1.13 bits per heavy atom. The van der Waals surface area contributed by atoms with Crippen LogP contribution in [0.5, 0.6) is 11.5 Å². The van der Waals surface area contributed by atoms with Crippen LogP contribution < -0.4 is 15.2 Å². The van der Waals surface area contributed by atoms with Gasteiger partial charge in [0.15, 0.2) is 0 Å². The smallest absolute Gasteiger partial charge is 0.342 e. The van der Waals surface area contributed by atoms with Gasteiger partial charge in [0.1, 0.15) is 30.3 Å². The Balaban J connectivity index is 1.90.